The Morgan fingerprint density at radius 1 is 1.25 bits per heavy atom. The van der Waals surface area contributed by atoms with Gasteiger partial charge < -0.3 is 11.5 Å². The molecule has 0 aromatic heterocycles. The molecule has 1 aromatic carbocycles. The minimum Gasteiger partial charge on any atom is -0.370 e. The molecule has 1 rings (SSSR count). The van der Waals surface area contributed by atoms with E-state index in [1.54, 1.807) is 0 Å². The van der Waals surface area contributed by atoms with Crippen molar-refractivity contribution in [1.29, 1.82) is 0 Å². The molecular weight excluding hydrogens is 277 g/mol. The van der Waals surface area contributed by atoms with Crippen molar-refractivity contribution in [1.82, 2.24) is 0 Å². The first-order valence-corrected chi connectivity index (χ1v) is 7.13. The Morgan fingerprint density at radius 2 is 1.90 bits per heavy atom. The van der Waals surface area contributed by atoms with Crippen molar-refractivity contribution in [2.24, 2.45) is 16.5 Å². The Labute approximate surface area is 125 Å². The van der Waals surface area contributed by atoms with Crippen LogP contribution in [0.3, 0.4) is 0 Å². The maximum atomic E-state index is 13.9. The van der Waals surface area contributed by atoms with E-state index in [0.717, 1.165) is 30.4 Å². The number of aliphatic imine (C=N–C) groups is 1. The minimum atomic E-state index is -0.349. The molecule has 5 heteroatoms. The van der Waals surface area contributed by atoms with Gasteiger partial charge in [-0.15, -0.1) is 0 Å². The average Bonchev–Trinajstić information content (AvgIpc) is 2.31. The highest BCUT2D eigenvalue weighted by Gasteiger charge is 2.20. The van der Waals surface area contributed by atoms with Crippen LogP contribution >= 0.6 is 11.6 Å². The fourth-order valence-electron chi connectivity index (χ4n) is 1.98. The van der Waals surface area contributed by atoms with Gasteiger partial charge in [0.1, 0.15) is 5.82 Å². The van der Waals surface area contributed by atoms with Gasteiger partial charge in [-0.05, 0) is 41.9 Å². The van der Waals surface area contributed by atoms with E-state index in [4.69, 9.17) is 23.1 Å². The van der Waals surface area contributed by atoms with E-state index in [-0.39, 0.29) is 22.2 Å². The predicted octanol–water partition coefficient (Wildman–Crippen LogP) is 3.37. The number of nitrogens with two attached hydrogens (primary N) is 2. The van der Waals surface area contributed by atoms with Crippen LogP contribution in [0.4, 0.5) is 4.39 Å². The molecular formula is C15H23ClFN3. The van der Waals surface area contributed by atoms with Gasteiger partial charge in [0.2, 0.25) is 0 Å². The highest BCUT2D eigenvalue weighted by atomic mass is 35.5. The third-order valence-corrected chi connectivity index (χ3v) is 3.45. The Morgan fingerprint density at radius 3 is 2.45 bits per heavy atom. The summed E-state index contributed by atoms with van der Waals surface area (Å²) in [4.78, 5) is 3.92. The second kappa shape index (κ2) is 6.93. The molecule has 112 valence electrons. The van der Waals surface area contributed by atoms with Crippen molar-refractivity contribution < 1.29 is 4.39 Å². The van der Waals surface area contributed by atoms with E-state index in [1.807, 2.05) is 26.8 Å². The zero-order valence-electron chi connectivity index (χ0n) is 12.3. The molecule has 0 heterocycles. The van der Waals surface area contributed by atoms with Crippen LogP contribution in [0.25, 0.3) is 0 Å². The first kappa shape index (κ1) is 16.8. The highest BCUT2D eigenvalue weighted by Crippen LogP contribution is 2.32. The van der Waals surface area contributed by atoms with Crippen LogP contribution < -0.4 is 11.5 Å². The second-order valence-electron chi connectivity index (χ2n) is 5.95. The standard InChI is InChI=1S/C15H23ClFN3/c1-15(2,3)11-8-10(9-12(17)13(11)16)6-4-5-7-20-14(18)19/h8-9H,4-7H2,1-3H3,(H4,18,19,20). The molecule has 0 aliphatic carbocycles. The third-order valence-electron chi connectivity index (χ3n) is 3.06. The topological polar surface area (TPSA) is 64.4 Å². The summed E-state index contributed by atoms with van der Waals surface area (Å²) in [6, 6.07) is 3.50. The number of aryl methyl sites for hydroxylation is 1. The molecule has 20 heavy (non-hydrogen) atoms. The summed E-state index contributed by atoms with van der Waals surface area (Å²) >= 11 is 6.05. The first-order valence-electron chi connectivity index (χ1n) is 6.75. The SMILES string of the molecule is CC(C)(C)c1cc(CCCCN=C(N)N)cc(F)c1Cl. The molecule has 0 saturated carbocycles. The third kappa shape index (κ3) is 5.00. The number of benzene rings is 1. The van der Waals surface area contributed by atoms with Crippen molar-refractivity contribution in [3.8, 4) is 0 Å². The molecule has 3 nitrogen and oxygen atoms in total. The van der Waals surface area contributed by atoms with Crippen LogP contribution in [0.5, 0.6) is 0 Å². The Balaban J connectivity index is 2.72. The fourth-order valence-corrected chi connectivity index (χ4v) is 2.38. The summed E-state index contributed by atoms with van der Waals surface area (Å²) in [6.07, 6.45) is 2.56. The van der Waals surface area contributed by atoms with Gasteiger partial charge in [-0.2, -0.15) is 0 Å². The molecule has 0 amide bonds. The van der Waals surface area contributed by atoms with Crippen molar-refractivity contribution in [3.63, 3.8) is 0 Å². The van der Waals surface area contributed by atoms with Crippen LogP contribution in [0.15, 0.2) is 17.1 Å². The molecule has 4 N–H and O–H groups in total. The lowest BCUT2D eigenvalue weighted by Gasteiger charge is -2.22. The van der Waals surface area contributed by atoms with Crippen LogP contribution in [-0.4, -0.2) is 12.5 Å². The number of halogens is 2. The molecule has 0 bridgehead atoms. The Hall–Kier alpha value is -1.29. The maximum Gasteiger partial charge on any atom is 0.185 e. The molecule has 0 spiro atoms. The number of hydrogen-bond acceptors (Lipinski definition) is 1. The van der Waals surface area contributed by atoms with Crippen molar-refractivity contribution in [2.45, 2.75) is 45.4 Å². The Kier molecular flexibility index (Phi) is 5.81. The number of unbranched alkanes of at least 4 members (excludes halogenated alkanes) is 1. The summed E-state index contributed by atoms with van der Waals surface area (Å²) in [5.41, 5.74) is 12.1. The highest BCUT2D eigenvalue weighted by molar-refractivity contribution is 6.31. The first-order chi connectivity index (χ1) is 9.21. The summed E-state index contributed by atoms with van der Waals surface area (Å²) in [6.45, 7) is 6.67. The lowest BCUT2D eigenvalue weighted by Crippen LogP contribution is -2.22. The van der Waals surface area contributed by atoms with Gasteiger partial charge in [0, 0.05) is 6.54 Å². The maximum absolute atomic E-state index is 13.9. The fraction of sp³-hybridized carbons (Fsp3) is 0.533. The lowest BCUT2D eigenvalue weighted by atomic mass is 9.85. The molecule has 0 aliphatic heterocycles. The summed E-state index contributed by atoms with van der Waals surface area (Å²) in [7, 11) is 0. The van der Waals surface area contributed by atoms with Gasteiger partial charge in [-0.3, -0.25) is 4.99 Å². The largest absolute Gasteiger partial charge is 0.370 e. The summed E-state index contributed by atoms with van der Waals surface area (Å²) in [5, 5.41) is 0.224. The average molecular weight is 300 g/mol. The number of nitrogens with zero attached hydrogens (tertiary/aromatic N) is 1. The minimum absolute atomic E-state index is 0.109. The van der Waals surface area contributed by atoms with E-state index >= 15 is 0 Å². The number of guanidine groups is 1. The monoisotopic (exact) mass is 299 g/mol. The van der Waals surface area contributed by atoms with E-state index < -0.39 is 0 Å². The predicted molar refractivity (Wildman–Crippen MR) is 83.7 cm³/mol. The molecule has 1 aromatic rings. The van der Waals surface area contributed by atoms with Gasteiger partial charge >= 0.3 is 0 Å². The van der Waals surface area contributed by atoms with Crippen LogP contribution in [0.1, 0.15) is 44.7 Å². The molecule has 0 fully saturated rings. The van der Waals surface area contributed by atoms with E-state index in [1.165, 1.54) is 6.07 Å². The van der Waals surface area contributed by atoms with E-state index in [0.29, 0.717) is 6.54 Å². The molecule has 0 unspecified atom stereocenters. The second-order valence-corrected chi connectivity index (χ2v) is 6.33. The summed E-state index contributed by atoms with van der Waals surface area (Å²) < 4.78 is 13.9. The van der Waals surface area contributed by atoms with Crippen LogP contribution in [0, 0.1) is 5.82 Å². The smallest absolute Gasteiger partial charge is 0.185 e. The quantitative estimate of drug-likeness (QED) is 0.497. The van der Waals surface area contributed by atoms with Crippen molar-refractivity contribution in [2.75, 3.05) is 6.54 Å². The van der Waals surface area contributed by atoms with Gasteiger partial charge in [0.25, 0.3) is 0 Å². The van der Waals surface area contributed by atoms with Crippen LogP contribution in [-0.2, 0) is 11.8 Å². The van der Waals surface area contributed by atoms with Gasteiger partial charge in [-0.25, -0.2) is 4.39 Å². The number of hydrogen-bond donors (Lipinski definition) is 2. The molecule has 0 atom stereocenters. The van der Waals surface area contributed by atoms with E-state index in [9.17, 15) is 4.39 Å². The zero-order chi connectivity index (χ0) is 15.3. The van der Waals surface area contributed by atoms with Crippen molar-refractivity contribution >= 4 is 17.6 Å². The van der Waals surface area contributed by atoms with E-state index in [2.05, 4.69) is 4.99 Å². The normalized spacial score (nSPS) is 11.4. The lowest BCUT2D eigenvalue weighted by molar-refractivity contribution is 0.569. The van der Waals surface area contributed by atoms with Crippen LogP contribution in [0.2, 0.25) is 5.02 Å². The molecule has 0 radical (unpaired) electrons. The summed E-state index contributed by atoms with van der Waals surface area (Å²) in [5.74, 6) is -0.240. The molecule has 0 saturated heterocycles. The van der Waals surface area contributed by atoms with Crippen molar-refractivity contribution in [3.05, 3.63) is 34.1 Å². The molecule has 0 aliphatic rings. The van der Waals surface area contributed by atoms with Gasteiger partial charge in [-0.1, -0.05) is 38.4 Å². The Bertz CT molecular complexity index is 489. The van der Waals surface area contributed by atoms with Gasteiger partial charge in [0.15, 0.2) is 5.96 Å². The number of rotatable bonds is 5. The zero-order valence-corrected chi connectivity index (χ0v) is 13.1. The van der Waals surface area contributed by atoms with Gasteiger partial charge in [0.05, 0.1) is 5.02 Å².